The normalized spacial score (nSPS) is 24.4. The van der Waals surface area contributed by atoms with Gasteiger partial charge in [-0.2, -0.15) is 0 Å². The molecule has 0 saturated carbocycles. The van der Waals surface area contributed by atoms with Crippen molar-refractivity contribution >= 4 is 11.9 Å². The summed E-state index contributed by atoms with van der Waals surface area (Å²) in [5.41, 5.74) is 0.405. The first-order valence-electron chi connectivity index (χ1n) is 7.89. The van der Waals surface area contributed by atoms with Crippen molar-refractivity contribution < 1.29 is 24.2 Å². The van der Waals surface area contributed by atoms with Crippen LogP contribution < -0.4 is 4.74 Å². The highest BCUT2D eigenvalue weighted by Gasteiger charge is 2.32. The molecule has 1 aromatic heterocycles. The van der Waals surface area contributed by atoms with Crippen molar-refractivity contribution in [3.8, 4) is 5.88 Å². The molecule has 7 nitrogen and oxygen atoms in total. The van der Waals surface area contributed by atoms with Gasteiger partial charge in [0, 0.05) is 30.8 Å². The van der Waals surface area contributed by atoms with Gasteiger partial charge in [-0.15, -0.1) is 0 Å². The summed E-state index contributed by atoms with van der Waals surface area (Å²) >= 11 is 0. The Morgan fingerprint density at radius 1 is 1.35 bits per heavy atom. The summed E-state index contributed by atoms with van der Waals surface area (Å²) in [7, 11) is 0. The van der Waals surface area contributed by atoms with E-state index in [4.69, 9.17) is 9.47 Å². The van der Waals surface area contributed by atoms with Crippen LogP contribution in [0.1, 0.15) is 36.0 Å². The van der Waals surface area contributed by atoms with Crippen molar-refractivity contribution in [3.63, 3.8) is 0 Å². The van der Waals surface area contributed by atoms with E-state index >= 15 is 0 Å². The Hall–Kier alpha value is -2.15. The summed E-state index contributed by atoms with van der Waals surface area (Å²) in [6, 6.07) is 2.42. The zero-order valence-corrected chi connectivity index (χ0v) is 12.8. The molecule has 0 aliphatic carbocycles. The summed E-state index contributed by atoms with van der Waals surface area (Å²) in [4.78, 5) is 29.6. The molecule has 23 heavy (non-hydrogen) atoms. The van der Waals surface area contributed by atoms with Crippen LogP contribution in [0.5, 0.6) is 5.88 Å². The minimum atomic E-state index is -0.952. The van der Waals surface area contributed by atoms with E-state index in [2.05, 4.69) is 4.98 Å². The third-order valence-electron chi connectivity index (χ3n) is 4.21. The first kappa shape index (κ1) is 15.7. The van der Waals surface area contributed by atoms with Gasteiger partial charge in [-0.25, -0.2) is 9.78 Å². The second-order valence-corrected chi connectivity index (χ2v) is 5.83. The third kappa shape index (κ3) is 3.61. The molecule has 2 aliphatic rings. The van der Waals surface area contributed by atoms with Crippen molar-refractivity contribution in [1.29, 1.82) is 0 Å². The fourth-order valence-electron chi connectivity index (χ4n) is 2.98. The molecule has 1 amide bonds. The van der Waals surface area contributed by atoms with Gasteiger partial charge in [0.05, 0.1) is 13.2 Å². The number of carbonyl (C=O) groups is 2. The average Bonchev–Trinajstić information content (AvgIpc) is 3.07. The molecular formula is C16H20N2O5. The minimum absolute atomic E-state index is 0.0467. The third-order valence-corrected chi connectivity index (χ3v) is 4.21. The molecule has 7 heteroatoms. The molecule has 3 rings (SSSR count). The van der Waals surface area contributed by atoms with Gasteiger partial charge < -0.3 is 19.5 Å². The molecule has 2 saturated heterocycles. The number of aliphatic carboxylic acids is 1. The zero-order chi connectivity index (χ0) is 16.2. The van der Waals surface area contributed by atoms with Crippen molar-refractivity contribution in [1.82, 2.24) is 9.88 Å². The van der Waals surface area contributed by atoms with E-state index in [0.29, 0.717) is 37.6 Å². The highest BCUT2D eigenvalue weighted by molar-refractivity contribution is 5.96. The Bertz CT molecular complexity index is 586. The summed E-state index contributed by atoms with van der Waals surface area (Å²) in [6.07, 6.45) is 4.41. The highest BCUT2D eigenvalue weighted by Crippen LogP contribution is 2.22. The van der Waals surface area contributed by atoms with Crippen LogP contribution in [-0.2, 0) is 9.53 Å². The maximum absolute atomic E-state index is 12.7. The van der Waals surface area contributed by atoms with Crippen molar-refractivity contribution in [2.24, 2.45) is 0 Å². The monoisotopic (exact) mass is 320 g/mol. The van der Waals surface area contributed by atoms with E-state index in [1.165, 1.54) is 11.1 Å². The molecule has 0 aromatic carbocycles. The quantitative estimate of drug-likeness (QED) is 0.900. The topological polar surface area (TPSA) is 89.0 Å². The van der Waals surface area contributed by atoms with E-state index in [1.807, 2.05) is 0 Å². The molecule has 2 aliphatic heterocycles. The van der Waals surface area contributed by atoms with Crippen LogP contribution in [0.4, 0.5) is 0 Å². The van der Waals surface area contributed by atoms with Gasteiger partial charge in [-0.05, 0) is 25.3 Å². The van der Waals surface area contributed by atoms with Crippen LogP contribution in [-0.4, -0.2) is 58.8 Å². The Labute approximate surface area is 134 Å². The number of nitrogens with zero attached hydrogens (tertiary/aromatic N) is 2. The van der Waals surface area contributed by atoms with E-state index in [-0.39, 0.29) is 12.0 Å². The second kappa shape index (κ2) is 6.95. The van der Waals surface area contributed by atoms with Gasteiger partial charge in [-0.3, -0.25) is 4.79 Å². The molecule has 0 spiro atoms. The first-order valence-corrected chi connectivity index (χ1v) is 7.89. The Morgan fingerprint density at radius 3 is 2.96 bits per heavy atom. The first-order chi connectivity index (χ1) is 11.1. The number of pyridine rings is 1. The van der Waals surface area contributed by atoms with E-state index in [9.17, 15) is 14.7 Å². The lowest BCUT2D eigenvalue weighted by Crippen LogP contribution is -2.48. The number of rotatable bonds is 4. The predicted octanol–water partition coefficient (Wildman–Crippen LogP) is 1.33. The van der Waals surface area contributed by atoms with Gasteiger partial charge in [0.1, 0.15) is 12.1 Å². The number of carbonyl (C=O) groups excluding carboxylic acids is 1. The standard InChI is InChI=1S/C16H20N2O5/c19-15(18-7-2-1-3-13(18)16(20)21)11-4-6-17-14(9-11)23-12-5-8-22-10-12/h4,6,9,12-13H,1-3,5,7-8,10H2,(H,20,21). The van der Waals surface area contributed by atoms with Crippen LogP contribution in [0.2, 0.25) is 0 Å². The number of carboxylic acids is 1. The zero-order valence-electron chi connectivity index (χ0n) is 12.8. The van der Waals surface area contributed by atoms with Crippen molar-refractivity contribution in [2.45, 2.75) is 37.8 Å². The SMILES string of the molecule is O=C(O)C1CCCCN1C(=O)c1ccnc(OC2CCOC2)c1. The molecule has 2 atom stereocenters. The summed E-state index contributed by atoms with van der Waals surface area (Å²) in [5.74, 6) is -0.867. The van der Waals surface area contributed by atoms with E-state index < -0.39 is 12.0 Å². The fraction of sp³-hybridized carbons (Fsp3) is 0.562. The number of piperidine rings is 1. The van der Waals surface area contributed by atoms with Gasteiger partial charge in [0.2, 0.25) is 5.88 Å². The fourth-order valence-corrected chi connectivity index (χ4v) is 2.98. The molecule has 1 N–H and O–H groups in total. The Morgan fingerprint density at radius 2 is 2.22 bits per heavy atom. The Balaban J connectivity index is 1.74. The number of hydrogen-bond donors (Lipinski definition) is 1. The van der Waals surface area contributed by atoms with Crippen LogP contribution in [0, 0.1) is 0 Å². The number of likely N-dealkylation sites (tertiary alicyclic amines) is 1. The molecule has 2 fully saturated rings. The number of aromatic nitrogens is 1. The number of amides is 1. The minimum Gasteiger partial charge on any atom is -0.480 e. The van der Waals surface area contributed by atoms with E-state index in [0.717, 1.165) is 19.3 Å². The van der Waals surface area contributed by atoms with Crippen molar-refractivity contribution in [2.75, 3.05) is 19.8 Å². The lowest BCUT2D eigenvalue weighted by atomic mass is 10.0. The van der Waals surface area contributed by atoms with Gasteiger partial charge >= 0.3 is 5.97 Å². The second-order valence-electron chi connectivity index (χ2n) is 5.83. The molecule has 0 radical (unpaired) electrons. The van der Waals surface area contributed by atoms with Crippen LogP contribution >= 0.6 is 0 Å². The molecule has 3 heterocycles. The summed E-state index contributed by atoms with van der Waals surface area (Å²) < 4.78 is 11.0. The maximum Gasteiger partial charge on any atom is 0.326 e. The smallest absolute Gasteiger partial charge is 0.326 e. The number of hydrogen-bond acceptors (Lipinski definition) is 5. The molecule has 1 aromatic rings. The molecule has 0 bridgehead atoms. The predicted molar refractivity (Wildman–Crippen MR) is 80.4 cm³/mol. The van der Waals surface area contributed by atoms with Crippen LogP contribution in [0.15, 0.2) is 18.3 Å². The lowest BCUT2D eigenvalue weighted by Gasteiger charge is -2.33. The highest BCUT2D eigenvalue weighted by atomic mass is 16.5. The molecule has 124 valence electrons. The van der Waals surface area contributed by atoms with Gasteiger partial charge in [0.25, 0.3) is 5.91 Å². The van der Waals surface area contributed by atoms with Crippen molar-refractivity contribution in [3.05, 3.63) is 23.9 Å². The number of carboxylic acid groups (broad SMARTS) is 1. The van der Waals surface area contributed by atoms with Crippen LogP contribution in [0.25, 0.3) is 0 Å². The van der Waals surface area contributed by atoms with Gasteiger partial charge in [-0.1, -0.05) is 0 Å². The lowest BCUT2D eigenvalue weighted by molar-refractivity contribution is -0.143. The maximum atomic E-state index is 12.7. The summed E-state index contributed by atoms with van der Waals surface area (Å²) in [5, 5.41) is 9.30. The molecule has 2 unspecified atom stereocenters. The average molecular weight is 320 g/mol. The largest absolute Gasteiger partial charge is 0.480 e. The van der Waals surface area contributed by atoms with Crippen LogP contribution in [0.3, 0.4) is 0 Å². The van der Waals surface area contributed by atoms with Gasteiger partial charge in [0.15, 0.2) is 0 Å². The summed E-state index contributed by atoms with van der Waals surface area (Å²) in [6.45, 7) is 1.65. The van der Waals surface area contributed by atoms with E-state index in [1.54, 1.807) is 12.1 Å². The molecular weight excluding hydrogens is 300 g/mol. The number of ether oxygens (including phenoxy) is 2. The Kier molecular flexibility index (Phi) is 4.76.